The molecule has 0 fully saturated rings. The molecule has 0 unspecified atom stereocenters. The second-order valence-corrected chi connectivity index (χ2v) is 5.24. The monoisotopic (exact) mass is 289 g/mol. The number of fused-ring (bicyclic) bond motifs is 1. The lowest BCUT2D eigenvalue weighted by molar-refractivity contribution is -0.123. The third-order valence-electron chi connectivity index (χ3n) is 3.91. The summed E-state index contributed by atoms with van der Waals surface area (Å²) in [5.41, 5.74) is 7.57. The molecule has 2 N–H and O–H groups in total. The van der Waals surface area contributed by atoms with Crippen molar-refractivity contribution < 1.29 is 13.7 Å². The van der Waals surface area contributed by atoms with Crippen LogP contribution in [0.3, 0.4) is 0 Å². The first kappa shape index (κ1) is 13.8. The molecular formula is C15H16FN3O2. The van der Waals surface area contributed by atoms with Crippen LogP contribution in [-0.4, -0.2) is 28.6 Å². The van der Waals surface area contributed by atoms with Gasteiger partial charge in [-0.05, 0) is 19.1 Å². The number of carbonyl (C=O) groups is 1. The van der Waals surface area contributed by atoms with Gasteiger partial charge >= 0.3 is 0 Å². The summed E-state index contributed by atoms with van der Waals surface area (Å²) in [6.45, 7) is 2.99. The molecule has 1 aromatic carbocycles. The van der Waals surface area contributed by atoms with Crippen LogP contribution in [0.25, 0.3) is 11.3 Å². The van der Waals surface area contributed by atoms with Crippen LogP contribution in [0.5, 0.6) is 0 Å². The van der Waals surface area contributed by atoms with Crippen molar-refractivity contribution in [3.05, 3.63) is 41.4 Å². The Labute approximate surface area is 121 Å². The highest BCUT2D eigenvalue weighted by atomic mass is 19.1. The Kier molecular flexibility index (Phi) is 3.47. The highest BCUT2D eigenvalue weighted by Gasteiger charge is 2.29. The molecule has 21 heavy (non-hydrogen) atoms. The van der Waals surface area contributed by atoms with E-state index in [1.54, 1.807) is 19.1 Å². The van der Waals surface area contributed by atoms with E-state index in [1.165, 1.54) is 12.1 Å². The molecule has 2 aromatic rings. The molecule has 1 amide bonds. The third kappa shape index (κ3) is 2.54. The maximum atomic E-state index is 13.4. The van der Waals surface area contributed by atoms with E-state index >= 15 is 0 Å². The highest BCUT2D eigenvalue weighted by Crippen LogP contribution is 2.30. The van der Waals surface area contributed by atoms with Gasteiger partial charge in [0.15, 0.2) is 0 Å². The molecule has 0 aliphatic carbocycles. The standard InChI is InChI=1S/C15H16FN3O2/c1-9(15(17)20)19-6-5-13-12(8-19)14(18-21-13)10-3-2-4-11(16)7-10/h2-4,7,9H,5-6,8H2,1H3,(H2,17,20)/t9-/m1/s1. The second kappa shape index (κ2) is 5.29. The van der Waals surface area contributed by atoms with E-state index in [2.05, 4.69) is 5.16 Å². The van der Waals surface area contributed by atoms with Gasteiger partial charge in [-0.25, -0.2) is 4.39 Å². The first-order chi connectivity index (χ1) is 10.1. The lowest BCUT2D eigenvalue weighted by Gasteiger charge is -2.29. The zero-order valence-corrected chi connectivity index (χ0v) is 11.7. The van der Waals surface area contributed by atoms with Gasteiger partial charge in [0.1, 0.15) is 17.3 Å². The molecular weight excluding hydrogens is 273 g/mol. The fourth-order valence-electron chi connectivity index (χ4n) is 2.60. The zero-order chi connectivity index (χ0) is 15.0. The van der Waals surface area contributed by atoms with Gasteiger partial charge in [0.2, 0.25) is 5.91 Å². The minimum atomic E-state index is -0.359. The summed E-state index contributed by atoms with van der Waals surface area (Å²) in [5.74, 6) is 0.117. The lowest BCUT2D eigenvalue weighted by Crippen LogP contribution is -2.44. The summed E-state index contributed by atoms with van der Waals surface area (Å²) >= 11 is 0. The van der Waals surface area contributed by atoms with E-state index in [9.17, 15) is 9.18 Å². The van der Waals surface area contributed by atoms with E-state index in [-0.39, 0.29) is 17.8 Å². The Hall–Kier alpha value is -2.21. The molecule has 0 radical (unpaired) electrons. The number of hydrogen-bond donors (Lipinski definition) is 1. The van der Waals surface area contributed by atoms with Gasteiger partial charge in [-0.3, -0.25) is 9.69 Å². The largest absolute Gasteiger partial charge is 0.368 e. The molecule has 6 heteroatoms. The van der Waals surface area contributed by atoms with Crippen molar-refractivity contribution in [2.75, 3.05) is 6.54 Å². The fourth-order valence-corrected chi connectivity index (χ4v) is 2.60. The van der Waals surface area contributed by atoms with Gasteiger partial charge in [-0.1, -0.05) is 17.3 Å². The highest BCUT2D eigenvalue weighted by molar-refractivity contribution is 5.79. The Morgan fingerprint density at radius 1 is 1.52 bits per heavy atom. The molecule has 2 heterocycles. The SMILES string of the molecule is C[C@H](C(N)=O)N1CCc2onc(-c3cccc(F)c3)c2C1. The number of benzene rings is 1. The third-order valence-corrected chi connectivity index (χ3v) is 3.91. The normalized spacial score (nSPS) is 16.5. The Bertz CT molecular complexity index is 683. The number of primary amides is 1. The van der Waals surface area contributed by atoms with Gasteiger partial charge in [-0.2, -0.15) is 0 Å². The van der Waals surface area contributed by atoms with E-state index in [0.29, 0.717) is 30.8 Å². The summed E-state index contributed by atoms with van der Waals surface area (Å²) in [4.78, 5) is 13.3. The van der Waals surface area contributed by atoms with Crippen LogP contribution in [0, 0.1) is 5.82 Å². The van der Waals surface area contributed by atoms with Gasteiger partial charge < -0.3 is 10.3 Å². The van der Waals surface area contributed by atoms with Crippen molar-refractivity contribution in [3.63, 3.8) is 0 Å². The second-order valence-electron chi connectivity index (χ2n) is 5.24. The van der Waals surface area contributed by atoms with Gasteiger partial charge in [0, 0.05) is 30.6 Å². The number of nitrogens with two attached hydrogens (primary N) is 1. The van der Waals surface area contributed by atoms with Crippen LogP contribution >= 0.6 is 0 Å². The molecule has 0 bridgehead atoms. The minimum Gasteiger partial charge on any atom is -0.368 e. The number of rotatable bonds is 3. The van der Waals surface area contributed by atoms with Crippen molar-refractivity contribution in [1.82, 2.24) is 10.1 Å². The maximum absolute atomic E-state index is 13.4. The van der Waals surface area contributed by atoms with Crippen LogP contribution in [-0.2, 0) is 17.8 Å². The van der Waals surface area contributed by atoms with Crippen LogP contribution in [0.15, 0.2) is 28.8 Å². The quantitative estimate of drug-likeness (QED) is 0.933. The van der Waals surface area contributed by atoms with Crippen LogP contribution in [0.2, 0.25) is 0 Å². The van der Waals surface area contributed by atoms with Crippen molar-refractivity contribution in [2.45, 2.75) is 25.9 Å². The van der Waals surface area contributed by atoms with Gasteiger partial charge in [0.05, 0.1) is 6.04 Å². The molecule has 0 saturated carbocycles. The van der Waals surface area contributed by atoms with Crippen molar-refractivity contribution in [2.24, 2.45) is 5.73 Å². The smallest absolute Gasteiger partial charge is 0.234 e. The van der Waals surface area contributed by atoms with Crippen molar-refractivity contribution >= 4 is 5.91 Å². The van der Waals surface area contributed by atoms with Crippen molar-refractivity contribution in [3.8, 4) is 11.3 Å². The summed E-state index contributed by atoms with van der Waals surface area (Å²) in [6, 6.07) is 5.88. The summed E-state index contributed by atoms with van der Waals surface area (Å²) in [7, 11) is 0. The number of nitrogens with zero attached hydrogens (tertiary/aromatic N) is 2. The fraction of sp³-hybridized carbons (Fsp3) is 0.333. The Morgan fingerprint density at radius 2 is 2.33 bits per heavy atom. The molecule has 1 aromatic heterocycles. The van der Waals surface area contributed by atoms with E-state index < -0.39 is 0 Å². The van der Waals surface area contributed by atoms with Crippen LogP contribution in [0.4, 0.5) is 4.39 Å². The van der Waals surface area contributed by atoms with Crippen molar-refractivity contribution in [1.29, 1.82) is 0 Å². The molecule has 1 atom stereocenters. The molecule has 1 aliphatic rings. The molecule has 5 nitrogen and oxygen atoms in total. The summed E-state index contributed by atoms with van der Waals surface area (Å²) in [6.07, 6.45) is 0.662. The first-order valence-electron chi connectivity index (χ1n) is 6.83. The van der Waals surface area contributed by atoms with Crippen LogP contribution < -0.4 is 5.73 Å². The number of amides is 1. The molecule has 1 aliphatic heterocycles. The van der Waals surface area contributed by atoms with Crippen LogP contribution in [0.1, 0.15) is 18.2 Å². The maximum Gasteiger partial charge on any atom is 0.234 e. The molecule has 0 spiro atoms. The molecule has 0 saturated heterocycles. The average molecular weight is 289 g/mol. The van der Waals surface area contributed by atoms with Gasteiger partial charge in [0.25, 0.3) is 0 Å². The van der Waals surface area contributed by atoms with Gasteiger partial charge in [-0.15, -0.1) is 0 Å². The number of halogens is 1. The zero-order valence-electron chi connectivity index (χ0n) is 11.7. The summed E-state index contributed by atoms with van der Waals surface area (Å²) < 4.78 is 18.7. The minimum absolute atomic E-state index is 0.317. The molecule has 110 valence electrons. The number of carbonyl (C=O) groups excluding carboxylic acids is 1. The topological polar surface area (TPSA) is 72.4 Å². The first-order valence-corrected chi connectivity index (χ1v) is 6.83. The number of hydrogen-bond acceptors (Lipinski definition) is 4. The predicted molar refractivity (Wildman–Crippen MR) is 74.7 cm³/mol. The Balaban J connectivity index is 1.94. The van der Waals surface area contributed by atoms with E-state index in [0.717, 1.165) is 11.3 Å². The Morgan fingerprint density at radius 3 is 3.05 bits per heavy atom. The predicted octanol–water partition coefficient (Wildman–Crippen LogP) is 1.71. The molecule has 3 rings (SSSR count). The summed E-state index contributed by atoms with van der Waals surface area (Å²) in [5, 5.41) is 4.06. The lowest BCUT2D eigenvalue weighted by atomic mass is 10.0. The van der Waals surface area contributed by atoms with E-state index in [4.69, 9.17) is 10.3 Å². The number of aromatic nitrogens is 1. The van der Waals surface area contributed by atoms with E-state index in [1.807, 2.05) is 4.90 Å². The average Bonchev–Trinajstić information content (AvgIpc) is 2.89.